The van der Waals surface area contributed by atoms with Crippen molar-refractivity contribution in [1.82, 2.24) is 10.2 Å². The maximum atomic E-state index is 12.7. The lowest BCUT2D eigenvalue weighted by Crippen LogP contribution is -2.41. The second kappa shape index (κ2) is 6.53. The van der Waals surface area contributed by atoms with E-state index in [1.165, 1.54) is 11.3 Å². The summed E-state index contributed by atoms with van der Waals surface area (Å²) in [7, 11) is 0. The first-order valence-corrected chi connectivity index (χ1v) is 8.90. The highest BCUT2D eigenvalue weighted by Gasteiger charge is 2.24. The molecule has 5 heteroatoms. The molecule has 124 valence electrons. The molecule has 1 aromatic heterocycles. The Morgan fingerprint density at radius 3 is 2.00 bits per heavy atom. The van der Waals surface area contributed by atoms with Gasteiger partial charge in [0.1, 0.15) is 0 Å². The van der Waals surface area contributed by atoms with Crippen molar-refractivity contribution in [3.8, 4) is 11.1 Å². The highest BCUT2D eigenvalue weighted by molar-refractivity contribution is 7.12. The van der Waals surface area contributed by atoms with Gasteiger partial charge in [0.05, 0.1) is 4.88 Å². The van der Waals surface area contributed by atoms with Crippen molar-refractivity contribution in [2.24, 2.45) is 0 Å². The maximum Gasteiger partial charge on any atom is 0.324 e. The monoisotopic (exact) mass is 348 g/mol. The number of fused-ring (bicyclic) bond motifs is 3. The van der Waals surface area contributed by atoms with Gasteiger partial charge < -0.3 is 4.90 Å². The van der Waals surface area contributed by atoms with Gasteiger partial charge in [0, 0.05) is 13.1 Å². The van der Waals surface area contributed by atoms with Crippen LogP contribution in [0.4, 0.5) is 4.79 Å². The number of benzene rings is 2. The van der Waals surface area contributed by atoms with E-state index in [-0.39, 0.29) is 11.9 Å². The third-order valence-electron chi connectivity index (χ3n) is 4.30. The van der Waals surface area contributed by atoms with Gasteiger partial charge >= 0.3 is 6.03 Å². The van der Waals surface area contributed by atoms with Crippen LogP contribution in [0.15, 0.2) is 66.0 Å². The fourth-order valence-electron chi connectivity index (χ4n) is 3.10. The molecule has 0 radical (unpaired) electrons. The van der Waals surface area contributed by atoms with E-state index < -0.39 is 0 Å². The van der Waals surface area contributed by atoms with Crippen molar-refractivity contribution >= 4 is 23.3 Å². The van der Waals surface area contributed by atoms with Gasteiger partial charge in [0.25, 0.3) is 5.91 Å². The molecule has 3 aromatic rings. The fourth-order valence-corrected chi connectivity index (χ4v) is 3.72. The zero-order valence-corrected chi connectivity index (χ0v) is 14.3. The number of carbonyl (C=O) groups is 2. The number of imide groups is 1. The van der Waals surface area contributed by atoms with E-state index >= 15 is 0 Å². The van der Waals surface area contributed by atoms with E-state index in [0.717, 1.165) is 22.3 Å². The lowest BCUT2D eigenvalue weighted by atomic mass is 9.97. The Labute approximate surface area is 149 Å². The number of thiophene rings is 1. The molecule has 4 rings (SSSR count). The second-order valence-electron chi connectivity index (χ2n) is 5.91. The van der Waals surface area contributed by atoms with Gasteiger partial charge in [0.15, 0.2) is 0 Å². The van der Waals surface area contributed by atoms with Crippen LogP contribution in [0.3, 0.4) is 0 Å². The minimum absolute atomic E-state index is 0.356. The normalized spacial score (nSPS) is 12.7. The summed E-state index contributed by atoms with van der Waals surface area (Å²) in [5.41, 5.74) is 4.42. The molecule has 25 heavy (non-hydrogen) atoms. The van der Waals surface area contributed by atoms with E-state index in [2.05, 4.69) is 17.4 Å². The van der Waals surface area contributed by atoms with Crippen molar-refractivity contribution in [1.29, 1.82) is 0 Å². The first-order valence-electron chi connectivity index (χ1n) is 8.02. The van der Waals surface area contributed by atoms with E-state index in [9.17, 15) is 9.59 Å². The van der Waals surface area contributed by atoms with Crippen LogP contribution in [0.25, 0.3) is 11.1 Å². The second-order valence-corrected chi connectivity index (χ2v) is 6.85. The van der Waals surface area contributed by atoms with Gasteiger partial charge in [-0.1, -0.05) is 54.6 Å². The molecule has 1 N–H and O–H groups in total. The fraction of sp³-hybridized carbons (Fsp3) is 0.100. The van der Waals surface area contributed by atoms with E-state index in [4.69, 9.17) is 0 Å². The number of hydrogen-bond donors (Lipinski definition) is 1. The quantitative estimate of drug-likeness (QED) is 0.713. The van der Waals surface area contributed by atoms with Gasteiger partial charge in [-0.15, -0.1) is 11.3 Å². The SMILES string of the molecule is O=C(NC(=O)N1Cc2ccccc2-c2ccccc2C1)c1cccs1. The summed E-state index contributed by atoms with van der Waals surface area (Å²) in [5, 5.41) is 4.32. The van der Waals surface area contributed by atoms with Crippen molar-refractivity contribution in [3.63, 3.8) is 0 Å². The minimum Gasteiger partial charge on any atom is -0.316 e. The average Bonchev–Trinajstić information content (AvgIpc) is 3.11. The smallest absolute Gasteiger partial charge is 0.316 e. The van der Waals surface area contributed by atoms with Gasteiger partial charge in [-0.25, -0.2) is 4.79 Å². The van der Waals surface area contributed by atoms with Gasteiger partial charge in [-0.2, -0.15) is 0 Å². The topological polar surface area (TPSA) is 49.4 Å². The largest absolute Gasteiger partial charge is 0.324 e. The Balaban J connectivity index is 1.64. The Morgan fingerprint density at radius 2 is 1.44 bits per heavy atom. The van der Waals surface area contributed by atoms with Crippen LogP contribution < -0.4 is 5.32 Å². The molecule has 0 fully saturated rings. The van der Waals surface area contributed by atoms with Gasteiger partial charge in [0.2, 0.25) is 0 Å². The molecule has 0 unspecified atom stereocenters. The van der Waals surface area contributed by atoms with Crippen LogP contribution in [0.1, 0.15) is 20.8 Å². The molecule has 2 aromatic carbocycles. The Kier molecular flexibility index (Phi) is 4.07. The van der Waals surface area contributed by atoms with Crippen LogP contribution in [-0.2, 0) is 13.1 Å². The molecule has 2 heterocycles. The standard InChI is InChI=1S/C20H16N2O2S/c23-19(18-10-5-11-25-18)21-20(24)22-12-14-6-1-3-8-16(14)17-9-4-2-7-15(17)13-22/h1-11H,12-13H2,(H,21,23,24). The molecule has 0 spiro atoms. The molecule has 1 aliphatic heterocycles. The van der Waals surface area contributed by atoms with Crippen LogP contribution in [0.5, 0.6) is 0 Å². The van der Waals surface area contributed by atoms with Crippen LogP contribution in [0.2, 0.25) is 0 Å². The van der Waals surface area contributed by atoms with E-state index in [1.54, 1.807) is 17.0 Å². The lowest BCUT2D eigenvalue weighted by molar-refractivity contribution is 0.0953. The van der Waals surface area contributed by atoms with E-state index in [1.807, 2.05) is 41.8 Å². The molecule has 3 amide bonds. The zero-order chi connectivity index (χ0) is 17.2. The number of urea groups is 1. The Hall–Kier alpha value is -2.92. The molecule has 0 aliphatic carbocycles. The highest BCUT2D eigenvalue weighted by atomic mass is 32.1. The highest BCUT2D eigenvalue weighted by Crippen LogP contribution is 2.32. The summed E-state index contributed by atoms with van der Waals surface area (Å²) in [4.78, 5) is 27.1. The molecule has 0 saturated heterocycles. The molecule has 1 aliphatic rings. The summed E-state index contributed by atoms with van der Waals surface area (Å²) in [6, 6.07) is 19.3. The van der Waals surface area contributed by atoms with Gasteiger partial charge in [-0.05, 0) is 33.7 Å². The molecular weight excluding hydrogens is 332 g/mol. The third kappa shape index (κ3) is 3.06. The van der Waals surface area contributed by atoms with Crippen molar-refractivity contribution in [3.05, 3.63) is 82.0 Å². The number of hydrogen-bond acceptors (Lipinski definition) is 3. The first kappa shape index (κ1) is 15.6. The third-order valence-corrected chi connectivity index (χ3v) is 5.17. The first-order chi connectivity index (χ1) is 12.2. The summed E-state index contributed by atoms with van der Waals surface area (Å²) >= 11 is 1.32. The predicted octanol–water partition coefficient (Wildman–Crippen LogP) is 4.28. The van der Waals surface area contributed by atoms with Crippen LogP contribution >= 0.6 is 11.3 Å². The minimum atomic E-state index is -0.370. The van der Waals surface area contributed by atoms with Crippen molar-refractivity contribution in [2.45, 2.75) is 13.1 Å². The van der Waals surface area contributed by atoms with Crippen LogP contribution in [-0.4, -0.2) is 16.8 Å². The lowest BCUT2D eigenvalue weighted by Gasteiger charge is -2.21. The maximum absolute atomic E-state index is 12.7. The number of rotatable bonds is 1. The summed E-state index contributed by atoms with van der Waals surface area (Å²) in [6.45, 7) is 0.933. The van der Waals surface area contributed by atoms with Crippen molar-refractivity contribution < 1.29 is 9.59 Å². The van der Waals surface area contributed by atoms with Crippen molar-refractivity contribution in [2.75, 3.05) is 0 Å². The summed E-state index contributed by atoms with van der Waals surface area (Å²) in [5.74, 6) is -0.356. The Bertz CT molecular complexity index is 887. The summed E-state index contributed by atoms with van der Waals surface area (Å²) < 4.78 is 0. The number of nitrogens with zero attached hydrogens (tertiary/aromatic N) is 1. The average molecular weight is 348 g/mol. The number of nitrogens with one attached hydrogen (secondary N) is 1. The van der Waals surface area contributed by atoms with Crippen LogP contribution in [0, 0.1) is 0 Å². The molecule has 0 atom stereocenters. The van der Waals surface area contributed by atoms with Gasteiger partial charge in [-0.3, -0.25) is 10.1 Å². The molecule has 0 saturated carbocycles. The zero-order valence-electron chi connectivity index (χ0n) is 13.4. The number of carbonyl (C=O) groups excluding carboxylic acids is 2. The Morgan fingerprint density at radius 1 is 0.840 bits per heavy atom. The summed E-state index contributed by atoms with van der Waals surface area (Å²) in [6.07, 6.45) is 0. The molecule has 0 bridgehead atoms. The molecular formula is C20H16N2O2S. The van der Waals surface area contributed by atoms with E-state index in [0.29, 0.717) is 18.0 Å². The molecule has 4 nitrogen and oxygen atoms in total. The predicted molar refractivity (Wildman–Crippen MR) is 98.3 cm³/mol. The number of amides is 3.